The number of amides is 4. The number of fused-ring (bicyclic) bond motifs is 1. The first-order valence-corrected chi connectivity index (χ1v) is 12.4. The molecule has 2 aromatic carbocycles. The number of ether oxygens (including phenoxy) is 1. The van der Waals surface area contributed by atoms with Crippen molar-refractivity contribution in [3.8, 4) is 16.9 Å². The number of carbonyl (C=O) groups is 3. The Balaban J connectivity index is 1.66. The number of nitrogens with zero attached hydrogens (tertiary/aromatic N) is 4. The van der Waals surface area contributed by atoms with E-state index in [4.69, 9.17) is 4.74 Å². The van der Waals surface area contributed by atoms with E-state index >= 15 is 0 Å². The van der Waals surface area contributed by atoms with Crippen LogP contribution >= 0.6 is 0 Å². The van der Waals surface area contributed by atoms with Gasteiger partial charge in [-0.3, -0.25) is 19.6 Å². The van der Waals surface area contributed by atoms with Crippen LogP contribution in [0.25, 0.3) is 11.1 Å². The Kier molecular flexibility index (Phi) is 7.61. The smallest absolute Gasteiger partial charge is 0.324 e. The minimum absolute atomic E-state index is 0.105. The Hall–Kier alpha value is -4.14. The molecule has 1 atom stereocenters. The van der Waals surface area contributed by atoms with E-state index in [0.29, 0.717) is 37.4 Å². The van der Waals surface area contributed by atoms with Gasteiger partial charge in [-0.2, -0.15) is 5.10 Å². The number of imide groups is 1. The molecule has 1 aliphatic rings. The lowest BCUT2D eigenvalue weighted by Crippen LogP contribution is -2.45. The fraction of sp³-hybridized carbons (Fsp3) is 0.357. The fourth-order valence-corrected chi connectivity index (χ4v) is 5.04. The minimum atomic E-state index is -0.506. The summed E-state index contributed by atoms with van der Waals surface area (Å²) in [5.74, 6) is 0.553. The van der Waals surface area contributed by atoms with Crippen LogP contribution in [0.2, 0.25) is 0 Å². The van der Waals surface area contributed by atoms with Crippen LogP contribution in [0.15, 0.2) is 42.5 Å². The van der Waals surface area contributed by atoms with E-state index < -0.39 is 12.1 Å². The van der Waals surface area contributed by atoms with Crippen LogP contribution in [-0.4, -0.2) is 57.6 Å². The molecule has 2 heterocycles. The zero-order valence-corrected chi connectivity index (χ0v) is 21.9. The van der Waals surface area contributed by atoms with Crippen LogP contribution in [-0.2, 0) is 18.4 Å². The molecule has 9 heteroatoms. The highest BCUT2D eigenvalue weighted by Crippen LogP contribution is 2.32. The van der Waals surface area contributed by atoms with E-state index in [1.807, 2.05) is 75.8 Å². The average Bonchev–Trinajstić information content (AvgIpc) is 3.33. The molecule has 1 N–H and O–H groups in total. The molecule has 0 spiro atoms. The van der Waals surface area contributed by atoms with Crippen LogP contribution in [0.3, 0.4) is 0 Å². The van der Waals surface area contributed by atoms with Crippen molar-refractivity contribution in [3.63, 3.8) is 0 Å². The number of hydrogen-bond acceptors (Lipinski definition) is 5. The first-order chi connectivity index (χ1) is 17.8. The SMILES string of the molecule is CCOc1ccc2c(c1)C(=O)N(C[C@@H](c1ccc(-c3c(C)nn(C)c3C)cc1)N(CC)C(=O)NC=O)C2. The second-order valence-corrected chi connectivity index (χ2v) is 9.10. The number of urea groups is 1. The summed E-state index contributed by atoms with van der Waals surface area (Å²) in [6, 6.07) is 12.6. The quantitative estimate of drug-likeness (QED) is 0.446. The monoisotopic (exact) mass is 503 g/mol. The lowest BCUT2D eigenvalue weighted by Gasteiger charge is -2.33. The molecule has 0 radical (unpaired) electrons. The number of rotatable bonds is 9. The molecule has 0 saturated heterocycles. The molecule has 4 rings (SSSR count). The highest BCUT2D eigenvalue weighted by atomic mass is 16.5. The van der Waals surface area contributed by atoms with Gasteiger partial charge >= 0.3 is 6.03 Å². The molecule has 0 fully saturated rings. The third-order valence-electron chi connectivity index (χ3n) is 6.92. The van der Waals surface area contributed by atoms with Crippen molar-refractivity contribution in [1.29, 1.82) is 0 Å². The lowest BCUT2D eigenvalue weighted by molar-refractivity contribution is -0.108. The van der Waals surface area contributed by atoms with Gasteiger partial charge in [0.15, 0.2) is 0 Å². The zero-order chi connectivity index (χ0) is 26.7. The predicted molar refractivity (Wildman–Crippen MR) is 140 cm³/mol. The largest absolute Gasteiger partial charge is 0.494 e. The van der Waals surface area contributed by atoms with Gasteiger partial charge in [-0.25, -0.2) is 4.79 Å². The Morgan fingerprint density at radius 3 is 2.51 bits per heavy atom. The van der Waals surface area contributed by atoms with Gasteiger partial charge < -0.3 is 14.5 Å². The number of carbonyl (C=O) groups excluding carboxylic acids is 3. The first kappa shape index (κ1) is 25.9. The van der Waals surface area contributed by atoms with Crippen LogP contribution in [0.4, 0.5) is 4.79 Å². The molecule has 0 aliphatic carbocycles. The molecule has 0 unspecified atom stereocenters. The van der Waals surface area contributed by atoms with Crippen molar-refractivity contribution in [2.24, 2.45) is 7.05 Å². The highest BCUT2D eigenvalue weighted by molar-refractivity contribution is 5.98. The minimum Gasteiger partial charge on any atom is -0.494 e. The molecule has 1 aliphatic heterocycles. The summed E-state index contributed by atoms with van der Waals surface area (Å²) in [6.07, 6.45) is 0.380. The maximum Gasteiger partial charge on any atom is 0.324 e. The first-order valence-electron chi connectivity index (χ1n) is 12.4. The van der Waals surface area contributed by atoms with Gasteiger partial charge in [-0.1, -0.05) is 30.3 Å². The molecular weight excluding hydrogens is 470 g/mol. The highest BCUT2D eigenvalue weighted by Gasteiger charge is 2.33. The van der Waals surface area contributed by atoms with E-state index in [2.05, 4.69) is 10.4 Å². The molecule has 9 nitrogen and oxygen atoms in total. The summed E-state index contributed by atoms with van der Waals surface area (Å²) in [4.78, 5) is 40.5. The second kappa shape index (κ2) is 10.9. The van der Waals surface area contributed by atoms with Crippen LogP contribution in [0, 0.1) is 13.8 Å². The maximum absolute atomic E-state index is 13.3. The van der Waals surface area contributed by atoms with Gasteiger partial charge in [-0.05, 0) is 56.5 Å². The number of aromatic nitrogens is 2. The normalized spacial score (nSPS) is 13.3. The van der Waals surface area contributed by atoms with Crippen molar-refractivity contribution in [2.45, 2.75) is 40.3 Å². The van der Waals surface area contributed by atoms with Crippen LogP contribution < -0.4 is 10.1 Å². The standard InChI is InChI=1S/C28H33N5O4/c1-6-33(28(36)29-17-34)25(16-32-15-22-12-13-23(37-7-2)14-24(22)27(32)35)20-8-10-21(11-9-20)26-18(3)30-31(5)19(26)4/h8-14,17,25H,6-7,15-16H2,1-5H3,(H,29,34,36)/t25-/m0/s1. The molecular formula is C28H33N5O4. The van der Waals surface area contributed by atoms with E-state index in [9.17, 15) is 14.4 Å². The van der Waals surface area contributed by atoms with Gasteiger partial charge in [0.2, 0.25) is 6.41 Å². The lowest BCUT2D eigenvalue weighted by atomic mass is 9.98. The summed E-state index contributed by atoms with van der Waals surface area (Å²) in [5.41, 5.74) is 6.51. The number of nitrogens with one attached hydrogen (secondary N) is 1. The summed E-state index contributed by atoms with van der Waals surface area (Å²) < 4.78 is 7.43. The van der Waals surface area contributed by atoms with E-state index in [-0.39, 0.29) is 12.5 Å². The average molecular weight is 504 g/mol. The van der Waals surface area contributed by atoms with Gasteiger partial charge in [0.05, 0.1) is 18.3 Å². The molecule has 1 aromatic heterocycles. The summed E-state index contributed by atoms with van der Waals surface area (Å²) in [5, 5.41) is 6.77. The predicted octanol–water partition coefficient (Wildman–Crippen LogP) is 3.99. The van der Waals surface area contributed by atoms with Gasteiger partial charge in [0, 0.05) is 43.5 Å². The Labute approximate surface area is 217 Å². The number of hydrogen-bond donors (Lipinski definition) is 1. The van der Waals surface area contributed by atoms with E-state index in [1.165, 1.54) is 0 Å². The summed E-state index contributed by atoms with van der Waals surface area (Å²) in [7, 11) is 1.92. The van der Waals surface area contributed by atoms with Crippen molar-refractivity contribution < 1.29 is 19.1 Å². The maximum atomic E-state index is 13.3. The van der Waals surface area contributed by atoms with Gasteiger partial charge in [0.25, 0.3) is 5.91 Å². The van der Waals surface area contributed by atoms with E-state index in [0.717, 1.165) is 33.6 Å². The molecule has 194 valence electrons. The topological polar surface area (TPSA) is 96.8 Å². The Bertz CT molecular complexity index is 1310. The van der Waals surface area contributed by atoms with Crippen molar-refractivity contribution in [3.05, 3.63) is 70.5 Å². The Morgan fingerprint density at radius 2 is 1.92 bits per heavy atom. The zero-order valence-electron chi connectivity index (χ0n) is 21.9. The third kappa shape index (κ3) is 5.07. The molecule has 37 heavy (non-hydrogen) atoms. The van der Waals surface area contributed by atoms with Gasteiger partial charge in [0.1, 0.15) is 5.75 Å². The summed E-state index contributed by atoms with van der Waals surface area (Å²) in [6.45, 7) is 9.36. The van der Waals surface area contributed by atoms with Crippen molar-refractivity contribution >= 4 is 18.3 Å². The van der Waals surface area contributed by atoms with Crippen LogP contribution in [0.5, 0.6) is 5.75 Å². The van der Waals surface area contributed by atoms with Gasteiger partial charge in [-0.15, -0.1) is 0 Å². The molecule has 3 aromatic rings. The van der Waals surface area contributed by atoms with E-state index in [1.54, 1.807) is 15.9 Å². The number of benzene rings is 2. The molecule has 4 amide bonds. The number of likely N-dealkylation sites (N-methyl/N-ethyl adjacent to an activating group) is 1. The Morgan fingerprint density at radius 1 is 1.19 bits per heavy atom. The molecule has 0 bridgehead atoms. The van der Waals surface area contributed by atoms with Crippen LogP contribution in [0.1, 0.15) is 52.8 Å². The second-order valence-electron chi connectivity index (χ2n) is 9.10. The third-order valence-corrected chi connectivity index (χ3v) is 6.92. The van der Waals surface area contributed by atoms with Crippen molar-refractivity contribution in [1.82, 2.24) is 24.9 Å². The fourth-order valence-electron chi connectivity index (χ4n) is 5.04. The summed E-state index contributed by atoms with van der Waals surface area (Å²) >= 11 is 0. The molecule has 0 saturated carbocycles. The van der Waals surface area contributed by atoms with Crippen molar-refractivity contribution in [2.75, 3.05) is 19.7 Å². The number of aryl methyl sites for hydroxylation is 2.